The Balaban J connectivity index is 1.99. The van der Waals surface area contributed by atoms with Crippen LogP contribution in [0.5, 0.6) is 0 Å². The lowest BCUT2D eigenvalue weighted by Crippen LogP contribution is -2.36. The maximum absolute atomic E-state index is 13.8. The van der Waals surface area contributed by atoms with Gasteiger partial charge in [0.1, 0.15) is 0 Å². The zero-order valence-corrected chi connectivity index (χ0v) is 17.1. The molecule has 0 N–H and O–H groups in total. The van der Waals surface area contributed by atoms with Gasteiger partial charge in [-0.1, -0.05) is 86.7 Å². The average Bonchev–Trinajstić information content (AvgIpc) is 2.69. The molecule has 2 aromatic carbocycles. The summed E-state index contributed by atoms with van der Waals surface area (Å²) in [5.41, 5.74) is 1.98. The van der Waals surface area contributed by atoms with E-state index in [1.165, 1.54) is 0 Å². The van der Waals surface area contributed by atoms with Crippen molar-refractivity contribution in [1.29, 1.82) is 0 Å². The van der Waals surface area contributed by atoms with Crippen molar-refractivity contribution in [2.45, 2.75) is 33.4 Å². The summed E-state index contributed by atoms with van der Waals surface area (Å²) in [6, 6.07) is 19.9. The number of hydrogen-bond donors (Lipinski definition) is 0. The maximum atomic E-state index is 13.8. The highest BCUT2D eigenvalue weighted by Crippen LogP contribution is 2.60. The summed E-state index contributed by atoms with van der Waals surface area (Å²) in [7, 11) is -3.44. The molecule has 3 rings (SSSR count). The predicted molar refractivity (Wildman–Crippen MR) is 109 cm³/mol. The lowest BCUT2D eigenvalue weighted by atomic mass is 9.97. The first kappa shape index (κ1) is 20.0. The molecule has 4 nitrogen and oxygen atoms in total. The third-order valence-corrected chi connectivity index (χ3v) is 6.51. The average molecular weight is 385 g/mol. The molecule has 0 aliphatic carbocycles. The lowest BCUT2D eigenvalue weighted by molar-refractivity contribution is 0.0166. The monoisotopic (exact) mass is 385 g/mol. The van der Waals surface area contributed by atoms with E-state index in [1.807, 2.05) is 84.4 Å². The van der Waals surface area contributed by atoms with E-state index in [4.69, 9.17) is 9.05 Å². The SMILES string of the molecule is C/C=C/C(c1ccccc1)N(Cc1ccccc1)P1(=O)OCC(C)(C)CO1. The Morgan fingerprint density at radius 2 is 1.59 bits per heavy atom. The van der Waals surface area contributed by atoms with E-state index in [-0.39, 0.29) is 11.5 Å². The molecule has 0 spiro atoms. The first-order valence-electron chi connectivity index (χ1n) is 9.31. The molecule has 2 aromatic rings. The Kier molecular flexibility index (Phi) is 6.33. The van der Waals surface area contributed by atoms with Gasteiger partial charge in [-0.2, -0.15) is 4.67 Å². The molecule has 0 amide bonds. The molecule has 0 aromatic heterocycles. The molecule has 1 aliphatic rings. The van der Waals surface area contributed by atoms with Crippen molar-refractivity contribution in [3.63, 3.8) is 0 Å². The van der Waals surface area contributed by atoms with Gasteiger partial charge in [-0.25, -0.2) is 4.57 Å². The molecule has 1 atom stereocenters. The number of hydrogen-bond acceptors (Lipinski definition) is 3. The van der Waals surface area contributed by atoms with E-state index in [0.29, 0.717) is 19.8 Å². The fourth-order valence-corrected chi connectivity index (χ4v) is 5.31. The van der Waals surface area contributed by atoms with Gasteiger partial charge in [-0.3, -0.25) is 9.05 Å². The van der Waals surface area contributed by atoms with E-state index >= 15 is 0 Å². The Labute approximate surface area is 162 Å². The van der Waals surface area contributed by atoms with Crippen molar-refractivity contribution in [1.82, 2.24) is 4.67 Å². The van der Waals surface area contributed by atoms with Gasteiger partial charge in [-0.05, 0) is 18.1 Å². The minimum atomic E-state index is -3.44. The van der Waals surface area contributed by atoms with Gasteiger partial charge in [0.25, 0.3) is 0 Å². The van der Waals surface area contributed by atoms with Gasteiger partial charge < -0.3 is 0 Å². The maximum Gasteiger partial charge on any atom is 0.409 e. The molecule has 0 saturated carbocycles. The minimum Gasteiger partial charge on any atom is -0.296 e. The van der Waals surface area contributed by atoms with E-state index in [1.54, 1.807) is 0 Å². The van der Waals surface area contributed by atoms with E-state index in [9.17, 15) is 4.57 Å². The summed E-state index contributed by atoms with van der Waals surface area (Å²) in [5.74, 6) is 0. The normalized spacial score (nSPS) is 20.0. The van der Waals surface area contributed by atoms with Crippen molar-refractivity contribution in [2.75, 3.05) is 13.2 Å². The van der Waals surface area contributed by atoms with Crippen LogP contribution >= 0.6 is 7.75 Å². The summed E-state index contributed by atoms with van der Waals surface area (Å²) in [5, 5.41) is 0. The molecular weight excluding hydrogens is 357 g/mol. The first-order chi connectivity index (χ1) is 12.9. The Bertz CT molecular complexity index is 791. The summed E-state index contributed by atoms with van der Waals surface area (Å²) < 4.78 is 27.4. The van der Waals surface area contributed by atoms with Crippen LogP contribution in [-0.4, -0.2) is 17.9 Å². The van der Waals surface area contributed by atoms with Crippen LogP contribution in [0.2, 0.25) is 0 Å². The van der Waals surface area contributed by atoms with E-state index in [0.717, 1.165) is 11.1 Å². The van der Waals surface area contributed by atoms with Gasteiger partial charge in [0, 0.05) is 12.0 Å². The summed E-state index contributed by atoms with van der Waals surface area (Å²) in [6.07, 6.45) is 4.03. The van der Waals surface area contributed by atoms with E-state index < -0.39 is 7.75 Å². The Morgan fingerprint density at radius 3 is 2.15 bits per heavy atom. The van der Waals surface area contributed by atoms with Crippen LogP contribution in [-0.2, 0) is 20.2 Å². The lowest BCUT2D eigenvalue weighted by Gasteiger charge is -2.41. The molecule has 1 aliphatic heterocycles. The number of rotatable bonds is 6. The fourth-order valence-electron chi connectivity index (χ4n) is 3.06. The minimum absolute atomic E-state index is 0.144. The first-order valence-corrected chi connectivity index (χ1v) is 10.8. The molecule has 5 heteroatoms. The number of benzene rings is 2. The van der Waals surface area contributed by atoms with Crippen molar-refractivity contribution < 1.29 is 13.6 Å². The largest absolute Gasteiger partial charge is 0.409 e. The van der Waals surface area contributed by atoms with Crippen molar-refractivity contribution in [2.24, 2.45) is 5.41 Å². The molecular formula is C22H28NO3P. The second kappa shape index (κ2) is 8.53. The molecule has 0 radical (unpaired) electrons. The second-order valence-electron chi connectivity index (χ2n) is 7.64. The van der Waals surface area contributed by atoms with Crippen LogP contribution in [0.1, 0.15) is 37.9 Å². The van der Waals surface area contributed by atoms with Crippen LogP contribution in [0.3, 0.4) is 0 Å². The van der Waals surface area contributed by atoms with Gasteiger partial charge >= 0.3 is 7.75 Å². The van der Waals surface area contributed by atoms with Crippen LogP contribution in [0.4, 0.5) is 0 Å². The van der Waals surface area contributed by atoms with E-state index in [2.05, 4.69) is 13.8 Å². The smallest absolute Gasteiger partial charge is 0.296 e. The van der Waals surface area contributed by atoms with Gasteiger partial charge in [0.15, 0.2) is 0 Å². The molecule has 1 fully saturated rings. The van der Waals surface area contributed by atoms with Crippen LogP contribution in [0.25, 0.3) is 0 Å². The Morgan fingerprint density at radius 1 is 1.04 bits per heavy atom. The Hall–Kier alpha value is -1.71. The number of nitrogens with zero attached hydrogens (tertiary/aromatic N) is 1. The van der Waals surface area contributed by atoms with Crippen LogP contribution in [0, 0.1) is 5.41 Å². The molecule has 1 unspecified atom stereocenters. The fraction of sp³-hybridized carbons (Fsp3) is 0.364. The van der Waals surface area contributed by atoms with Crippen molar-refractivity contribution in [3.05, 3.63) is 83.9 Å². The summed E-state index contributed by atoms with van der Waals surface area (Å²) in [6.45, 7) is 7.37. The summed E-state index contributed by atoms with van der Waals surface area (Å²) in [4.78, 5) is 0. The van der Waals surface area contributed by atoms with Crippen LogP contribution < -0.4 is 0 Å². The van der Waals surface area contributed by atoms with Crippen molar-refractivity contribution in [3.8, 4) is 0 Å². The zero-order valence-electron chi connectivity index (χ0n) is 16.2. The van der Waals surface area contributed by atoms with Gasteiger partial charge in [0.2, 0.25) is 0 Å². The van der Waals surface area contributed by atoms with Crippen molar-refractivity contribution >= 4 is 7.75 Å². The quantitative estimate of drug-likeness (QED) is 0.452. The molecule has 27 heavy (non-hydrogen) atoms. The highest BCUT2D eigenvalue weighted by atomic mass is 31.2. The topological polar surface area (TPSA) is 38.8 Å². The predicted octanol–water partition coefficient (Wildman–Crippen LogP) is 5.99. The molecule has 0 bridgehead atoms. The molecule has 1 saturated heterocycles. The highest BCUT2D eigenvalue weighted by Gasteiger charge is 2.44. The van der Waals surface area contributed by atoms with Gasteiger partial charge in [-0.15, -0.1) is 0 Å². The second-order valence-corrected chi connectivity index (χ2v) is 9.61. The third kappa shape index (κ3) is 4.97. The van der Waals surface area contributed by atoms with Gasteiger partial charge in [0.05, 0.1) is 19.3 Å². The highest BCUT2D eigenvalue weighted by molar-refractivity contribution is 7.51. The standard InChI is InChI=1S/C22H28NO3P/c1-4-11-21(20-14-9-6-10-15-20)23(16-19-12-7-5-8-13-19)27(24)25-17-22(2,3)18-26-27/h4-15,21H,16-18H2,1-3H3/b11-4+. The van der Waals surface area contributed by atoms with Crippen LogP contribution in [0.15, 0.2) is 72.8 Å². The molecule has 144 valence electrons. The third-order valence-electron chi connectivity index (χ3n) is 4.58. The zero-order chi connectivity index (χ0) is 19.3. The summed E-state index contributed by atoms with van der Waals surface area (Å²) >= 11 is 0. The number of allylic oxidation sites excluding steroid dienone is 1. The molecule has 1 heterocycles.